The minimum atomic E-state index is -0.495. The van der Waals surface area contributed by atoms with Crippen LogP contribution < -0.4 is 5.32 Å². The number of aromatic nitrogens is 4. The molecule has 0 aliphatic rings. The lowest BCUT2D eigenvalue weighted by atomic mass is 10.2. The lowest BCUT2D eigenvalue weighted by Crippen LogP contribution is -2.11. The quantitative estimate of drug-likeness (QED) is 0.535. The highest BCUT2D eigenvalue weighted by Gasteiger charge is 2.16. The van der Waals surface area contributed by atoms with E-state index in [-0.39, 0.29) is 17.2 Å². The van der Waals surface area contributed by atoms with Crippen LogP contribution in [0.2, 0.25) is 0 Å². The van der Waals surface area contributed by atoms with Gasteiger partial charge in [-0.05, 0) is 36.7 Å². The Hall–Kier alpha value is -1.98. The third-order valence-electron chi connectivity index (χ3n) is 2.84. The fourth-order valence-electron chi connectivity index (χ4n) is 1.71. The summed E-state index contributed by atoms with van der Waals surface area (Å²) < 4.78 is 30.9. The second-order valence-electron chi connectivity index (χ2n) is 4.54. The van der Waals surface area contributed by atoms with Crippen LogP contribution in [0.25, 0.3) is 0 Å². The molecule has 3 aromatic rings. The van der Waals surface area contributed by atoms with Crippen LogP contribution in [-0.4, -0.2) is 25.7 Å². The van der Waals surface area contributed by atoms with Gasteiger partial charge in [0, 0.05) is 11.3 Å². The van der Waals surface area contributed by atoms with E-state index in [0.717, 1.165) is 41.1 Å². The summed E-state index contributed by atoms with van der Waals surface area (Å²) in [5.41, 5.74) is 0.783. The van der Waals surface area contributed by atoms with Gasteiger partial charge in [0.25, 0.3) is 5.91 Å². The SMILES string of the molecule is Cc1nnsc1C(=O)Nc1nnc(SCc2cc(F)ccc2F)s1. The number of nitrogens with zero attached hydrogens (tertiary/aromatic N) is 4. The Morgan fingerprint density at radius 3 is 2.88 bits per heavy atom. The molecule has 6 nitrogen and oxygen atoms in total. The number of aryl methyl sites for hydroxylation is 1. The molecule has 124 valence electrons. The van der Waals surface area contributed by atoms with Gasteiger partial charge >= 0.3 is 0 Å². The van der Waals surface area contributed by atoms with Crippen LogP contribution in [0.5, 0.6) is 0 Å². The predicted octanol–water partition coefficient (Wildman–Crippen LogP) is 3.52. The van der Waals surface area contributed by atoms with Crippen molar-refractivity contribution in [3.05, 3.63) is 46.0 Å². The number of anilines is 1. The minimum Gasteiger partial charge on any atom is -0.296 e. The Bertz CT molecular complexity index is 882. The molecule has 24 heavy (non-hydrogen) atoms. The van der Waals surface area contributed by atoms with Gasteiger partial charge in [0.2, 0.25) is 5.13 Å². The lowest BCUT2D eigenvalue weighted by molar-refractivity contribution is 0.102. The molecule has 0 aliphatic carbocycles. The van der Waals surface area contributed by atoms with Crippen molar-refractivity contribution in [3.63, 3.8) is 0 Å². The van der Waals surface area contributed by atoms with Crippen LogP contribution in [0, 0.1) is 18.6 Å². The average Bonchev–Trinajstić information content (AvgIpc) is 3.17. The van der Waals surface area contributed by atoms with E-state index in [2.05, 4.69) is 25.1 Å². The zero-order valence-electron chi connectivity index (χ0n) is 12.1. The monoisotopic (exact) mass is 385 g/mol. The van der Waals surface area contributed by atoms with Gasteiger partial charge in [-0.1, -0.05) is 27.6 Å². The molecule has 0 saturated heterocycles. The number of halogens is 2. The van der Waals surface area contributed by atoms with Gasteiger partial charge in [-0.15, -0.1) is 15.3 Å². The van der Waals surface area contributed by atoms with Crippen molar-refractivity contribution in [2.45, 2.75) is 17.0 Å². The van der Waals surface area contributed by atoms with Crippen LogP contribution in [0.1, 0.15) is 20.9 Å². The zero-order valence-corrected chi connectivity index (χ0v) is 14.6. The highest BCUT2D eigenvalue weighted by molar-refractivity contribution is 8.00. The molecule has 2 aromatic heterocycles. The van der Waals surface area contributed by atoms with Crippen molar-refractivity contribution in [3.8, 4) is 0 Å². The van der Waals surface area contributed by atoms with Crippen molar-refractivity contribution in [1.82, 2.24) is 19.8 Å². The molecule has 1 N–H and O–H groups in total. The number of thioether (sulfide) groups is 1. The molecule has 0 radical (unpaired) electrons. The second kappa shape index (κ2) is 7.28. The number of nitrogens with one attached hydrogen (secondary N) is 1. The number of hydrogen-bond donors (Lipinski definition) is 1. The molecule has 0 atom stereocenters. The fourth-order valence-corrected chi connectivity index (χ4v) is 3.98. The topological polar surface area (TPSA) is 80.7 Å². The first kappa shape index (κ1) is 16.9. The van der Waals surface area contributed by atoms with E-state index >= 15 is 0 Å². The molecule has 0 aliphatic heterocycles. The van der Waals surface area contributed by atoms with Gasteiger partial charge in [-0.3, -0.25) is 10.1 Å². The summed E-state index contributed by atoms with van der Waals surface area (Å²) in [6.45, 7) is 1.69. The predicted molar refractivity (Wildman–Crippen MR) is 88.4 cm³/mol. The Balaban J connectivity index is 1.62. The van der Waals surface area contributed by atoms with Crippen LogP contribution in [0.4, 0.5) is 13.9 Å². The van der Waals surface area contributed by atoms with Gasteiger partial charge in [0.1, 0.15) is 16.5 Å². The molecule has 11 heteroatoms. The third-order valence-corrected chi connectivity index (χ3v) is 5.69. The van der Waals surface area contributed by atoms with E-state index < -0.39 is 11.6 Å². The molecule has 2 heterocycles. The van der Waals surface area contributed by atoms with Crippen molar-refractivity contribution in [2.24, 2.45) is 0 Å². The first-order valence-corrected chi connectivity index (χ1v) is 9.11. The van der Waals surface area contributed by atoms with Crippen molar-refractivity contribution < 1.29 is 13.6 Å². The van der Waals surface area contributed by atoms with E-state index in [1.807, 2.05) is 0 Å². The summed E-state index contributed by atoms with van der Waals surface area (Å²) in [7, 11) is 0. The second-order valence-corrected chi connectivity index (χ2v) is 7.49. The van der Waals surface area contributed by atoms with Crippen LogP contribution in [0.3, 0.4) is 0 Å². The van der Waals surface area contributed by atoms with E-state index in [9.17, 15) is 13.6 Å². The van der Waals surface area contributed by atoms with Gasteiger partial charge in [-0.2, -0.15) is 0 Å². The Kier molecular flexibility index (Phi) is 5.11. The molecule has 0 fully saturated rings. The summed E-state index contributed by atoms with van der Waals surface area (Å²) in [5.74, 6) is -1.11. The fraction of sp³-hybridized carbons (Fsp3) is 0.154. The standard InChI is InChI=1S/C13H9F2N5OS3/c1-6-10(24-20-17-6)11(21)16-12-18-19-13(23-12)22-5-7-4-8(14)2-3-9(7)15/h2-4H,5H2,1H3,(H,16,18,21). The van der Waals surface area contributed by atoms with E-state index in [1.54, 1.807) is 6.92 Å². The minimum absolute atomic E-state index is 0.212. The van der Waals surface area contributed by atoms with Crippen molar-refractivity contribution in [2.75, 3.05) is 5.32 Å². The number of rotatable bonds is 5. The number of hydrogen-bond acceptors (Lipinski definition) is 8. The van der Waals surface area contributed by atoms with Gasteiger partial charge in [-0.25, -0.2) is 8.78 Å². The highest BCUT2D eigenvalue weighted by atomic mass is 32.2. The van der Waals surface area contributed by atoms with Gasteiger partial charge in [0.05, 0.1) is 5.69 Å². The summed E-state index contributed by atoms with van der Waals surface area (Å²) in [6, 6.07) is 3.30. The summed E-state index contributed by atoms with van der Waals surface area (Å²) >= 11 is 3.35. The molecular weight excluding hydrogens is 376 g/mol. The van der Waals surface area contributed by atoms with Gasteiger partial charge in [0.15, 0.2) is 4.34 Å². The highest BCUT2D eigenvalue weighted by Crippen LogP contribution is 2.29. The number of amides is 1. The molecule has 3 rings (SSSR count). The van der Waals surface area contributed by atoms with Crippen LogP contribution >= 0.6 is 34.6 Å². The van der Waals surface area contributed by atoms with Crippen molar-refractivity contribution in [1.29, 1.82) is 0 Å². The third kappa shape index (κ3) is 3.91. The van der Waals surface area contributed by atoms with Gasteiger partial charge < -0.3 is 0 Å². The Morgan fingerprint density at radius 1 is 1.29 bits per heavy atom. The maximum atomic E-state index is 13.6. The lowest BCUT2D eigenvalue weighted by Gasteiger charge is -2.01. The molecule has 0 saturated carbocycles. The van der Waals surface area contributed by atoms with Crippen molar-refractivity contribution >= 4 is 45.7 Å². The molecule has 0 spiro atoms. The summed E-state index contributed by atoms with van der Waals surface area (Å²) in [5, 5.41) is 14.5. The summed E-state index contributed by atoms with van der Waals surface area (Å²) in [6.07, 6.45) is 0. The number of benzene rings is 1. The van der Waals surface area contributed by atoms with Crippen LogP contribution in [-0.2, 0) is 5.75 Å². The number of carbonyl (C=O) groups excluding carboxylic acids is 1. The zero-order chi connectivity index (χ0) is 17.1. The Labute approximate surface area is 147 Å². The molecule has 1 aromatic carbocycles. The average molecular weight is 385 g/mol. The number of carbonyl (C=O) groups is 1. The molecule has 1 amide bonds. The largest absolute Gasteiger partial charge is 0.296 e. The smallest absolute Gasteiger partial charge is 0.271 e. The molecular formula is C13H9F2N5OS3. The normalized spacial score (nSPS) is 10.8. The molecule has 0 unspecified atom stereocenters. The maximum Gasteiger partial charge on any atom is 0.271 e. The first-order chi connectivity index (χ1) is 11.5. The maximum absolute atomic E-state index is 13.6. The van der Waals surface area contributed by atoms with E-state index in [0.29, 0.717) is 20.0 Å². The molecule has 0 bridgehead atoms. The summed E-state index contributed by atoms with van der Waals surface area (Å²) in [4.78, 5) is 12.4. The first-order valence-electron chi connectivity index (χ1n) is 6.53. The van der Waals surface area contributed by atoms with Crippen LogP contribution in [0.15, 0.2) is 22.5 Å². The van der Waals surface area contributed by atoms with E-state index in [1.165, 1.54) is 11.8 Å². The van der Waals surface area contributed by atoms with E-state index in [4.69, 9.17) is 0 Å². The Morgan fingerprint density at radius 2 is 2.12 bits per heavy atom.